The van der Waals surface area contributed by atoms with Gasteiger partial charge in [0.2, 0.25) is 0 Å². The summed E-state index contributed by atoms with van der Waals surface area (Å²) in [5.74, 6) is 0.672. The molecule has 104 valence electrons. The Balaban J connectivity index is 1.99. The maximum absolute atomic E-state index is 12.2. The van der Waals surface area contributed by atoms with Gasteiger partial charge in [-0.2, -0.15) is 0 Å². The highest BCUT2D eigenvalue weighted by Gasteiger charge is 2.32. The SMILES string of the molecule is CC(N)c1cccc(NC(=O)N(C)C(C)C2CC2)c1. The van der Waals surface area contributed by atoms with E-state index in [0.717, 1.165) is 11.3 Å². The summed E-state index contributed by atoms with van der Waals surface area (Å²) >= 11 is 0. The lowest BCUT2D eigenvalue weighted by molar-refractivity contribution is 0.201. The molecule has 1 fully saturated rings. The Morgan fingerprint density at radius 3 is 2.68 bits per heavy atom. The van der Waals surface area contributed by atoms with Gasteiger partial charge in [-0.15, -0.1) is 0 Å². The van der Waals surface area contributed by atoms with Crippen LogP contribution in [0.1, 0.15) is 38.3 Å². The van der Waals surface area contributed by atoms with Crippen LogP contribution >= 0.6 is 0 Å². The number of anilines is 1. The van der Waals surface area contributed by atoms with E-state index >= 15 is 0 Å². The van der Waals surface area contributed by atoms with Gasteiger partial charge >= 0.3 is 6.03 Å². The van der Waals surface area contributed by atoms with Gasteiger partial charge in [-0.3, -0.25) is 0 Å². The zero-order chi connectivity index (χ0) is 14.0. The molecule has 1 aliphatic carbocycles. The zero-order valence-corrected chi connectivity index (χ0v) is 11.9. The Hall–Kier alpha value is -1.55. The van der Waals surface area contributed by atoms with Crippen LogP contribution in [0.25, 0.3) is 0 Å². The van der Waals surface area contributed by atoms with Crippen LogP contribution in [0.2, 0.25) is 0 Å². The first-order chi connectivity index (χ1) is 8.99. The number of benzene rings is 1. The molecule has 4 heteroatoms. The maximum Gasteiger partial charge on any atom is 0.321 e. The number of carbonyl (C=O) groups is 1. The standard InChI is InChI=1S/C15H23N3O/c1-10(16)13-5-4-6-14(9-13)17-15(19)18(3)11(2)12-7-8-12/h4-6,9-12H,7-8,16H2,1-3H3,(H,17,19). The largest absolute Gasteiger partial charge is 0.325 e. The lowest BCUT2D eigenvalue weighted by atomic mass is 10.1. The van der Waals surface area contributed by atoms with E-state index in [2.05, 4.69) is 12.2 Å². The van der Waals surface area contributed by atoms with E-state index in [1.807, 2.05) is 38.2 Å². The van der Waals surface area contributed by atoms with Crippen LogP contribution in [0, 0.1) is 5.92 Å². The van der Waals surface area contributed by atoms with Crippen molar-refractivity contribution in [2.24, 2.45) is 11.7 Å². The predicted octanol–water partition coefficient (Wildman–Crippen LogP) is 2.97. The topological polar surface area (TPSA) is 58.4 Å². The molecule has 2 amide bonds. The van der Waals surface area contributed by atoms with Gasteiger partial charge in [-0.25, -0.2) is 4.79 Å². The molecule has 0 spiro atoms. The predicted molar refractivity (Wildman–Crippen MR) is 78.0 cm³/mol. The van der Waals surface area contributed by atoms with Crippen LogP contribution < -0.4 is 11.1 Å². The Kier molecular flexibility index (Phi) is 4.10. The third kappa shape index (κ3) is 3.47. The van der Waals surface area contributed by atoms with E-state index in [1.54, 1.807) is 4.90 Å². The fourth-order valence-corrected chi connectivity index (χ4v) is 2.19. The average Bonchev–Trinajstić information content (AvgIpc) is 3.21. The molecule has 2 unspecified atom stereocenters. The number of nitrogens with two attached hydrogens (primary N) is 1. The Morgan fingerprint density at radius 2 is 2.11 bits per heavy atom. The van der Waals surface area contributed by atoms with Crippen LogP contribution in [-0.4, -0.2) is 24.0 Å². The minimum absolute atomic E-state index is 0.0278. The van der Waals surface area contributed by atoms with Gasteiger partial charge in [0.1, 0.15) is 0 Å². The third-order valence-electron chi connectivity index (χ3n) is 3.90. The van der Waals surface area contributed by atoms with E-state index in [-0.39, 0.29) is 12.1 Å². The first kappa shape index (κ1) is 13.9. The smallest absolute Gasteiger partial charge is 0.321 e. The minimum Gasteiger partial charge on any atom is -0.325 e. The number of hydrogen-bond acceptors (Lipinski definition) is 2. The van der Waals surface area contributed by atoms with Crippen LogP contribution in [0.4, 0.5) is 10.5 Å². The van der Waals surface area contributed by atoms with Gasteiger partial charge in [-0.1, -0.05) is 12.1 Å². The summed E-state index contributed by atoms with van der Waals surface area (Å²) in [6.45, 7) is 4.04. The molecule has 19 heavy (non-hydrogen) atoms. The summed E-state index contributed by atoms with van der Waals surface area (Å²) < 4.78 is 0. The first-order valence-corrected chi connectivity index (χ1v) is 6.88. The van der Waals surface area contributed by atoms with E-state index in [1.165, 1.54) is 12.8 Å². The minimum atomic E-state index is -0.0544. The molecule has 0 heterocycles. The molecule has 1 aliphatic rings. The molecule has 0 radical (unpaired) electrons. The lowest BCUT2D eigenvalue weighted by Gasteiger charge is -2.25. The molecular formula is C15H23N3O. The monoisotopic (exact) mass is 261 g/mol. The molecule has 4 nitrogen and oxygen atoms in total. The number of carbonyl (C=O) groups excluding carboxylic acids is 1. The van der Waals surface area contributed by atoms with Crippen molar-refractivity contribution in [2.45, 2.75) is 38.8 Å². The third-order valence-corrected chi connectivity index (χ3v) is 3.90. The second-order valence-electron chi connectivity index (χ2n) is 5.53. The molecule has 1 aromatic carbocycles. The van der Waals surface area contributed by atoms with E-state index in [0.29, 0.717) is 12.0 Å². The number of nitrogens with one attached hydrogen (secondary N) is 1. The number of hydrogen-bond donors (Lipinski definition) is 2. The van der Waals surface area contributed by atoms with Crippen molar-refractivity contribution in [3.8, 4) is 0 Å². The van der Waals surface area contributed by atoms with Gasteiger partial charge in [0.25, 0.3) is 0 Å². The number of nitrogens with zero attached hydrogens (tertiary/aromatic N) is 1. The van der Waals surface area contributed by atoms with Crippen molar-refractivity contribution in [3.63, 3.8) is 0 Å². The Labute approximate surface area is 115 Å². The summed E-state index contributed by atoms with van der Waals surface area (Å²) in [5.41, 5.74) is 7.67. The fourth-order valence-electron chi connectivity index (χ4n) is 2.19. The second kappa shape index (κ2) is 5.61. The summed E-state index contributed by atoms with van der Waals surface area (Å²) in [6.07, 6.45) is 2.47. The highest BCUT2D eigenvalue weighted by molar-refractivity contribution is 5.89. The van der Waals surface area contributed by atoms with Crippen molar-refractivity contribution in [1.29, 1.82) is 0 Å². The van der Waals surface area contributed by atoms with E-state index in [4.69, 9.17) is 5.73 Å². The van der Waals surface area contributed by atoms with Gasteiger partial charge < -0.3 is 16.0 Å². The van der Waals surface area contributed by atoms with Crippen LogP contribution in [-0.2, 0) is 0 Å². The van der Waals surface area contributed by atoms with Crippen molar-refractivity contribution in [3.05, 3.63) is 29.8 Å². The zero-order valence-electron chi connectivity index (χ0n) is 11.9. The van der Waals surface area contributed by atoms with Crippen molar-refractivity contribution < 1.29 is 4.79 Å². The Morgan fingerprint density at radius 1 is 1.42 bits per heavy atom. The first-order valence-electron chi connectivity index (χ1n) is 6.88. The lowest BCUT2D eigenvalue weighted by Crippen LogP contribution is -2.39. The molecule has 0 saturated heterocycles. The van der Waals surface area contributed by atoms with Gasteiger partial charge in [-0.05, 0) is 50.3 Å². The van der Waals surface area contributed by atoms with E-state index < -0.39 is 0 Å². The molecule has 1 aromatic rings. The molecular weight excluding hydrogens is 238 g/mol. The van der Waals surface area contributed by atoms with Gasteiger partial charge in [0.15, 0.2) is 0 Å². The van der Waals surface area contributed by atoms with Crippen molar-refractivity contribution in [2.75, 3.05) is 12.4 Å². The van der Waals surface area contributed by atoms with E-state index in [9.17, 15) is 4.79 Å². The summed E-state index contributed by atoms with van der Waals surface area (Å²) in [5, 5.41) is 2.93. The molecule has 0 bridgehead atoms. The summed E-state index contributed by atoms with van der Waals surface area (Å²) in [6, 6.07) is 7.92. The molecule has 3 N–H and O–H groups in total. The fraction of sp³-hybridized carbons (Fsp3) is 0.533. The molecule has 0 aromatic heterocycles. The highest BCUT2D eigenvalue weighted by atomic mass is 16.2. The Bertz CT molecular complexity index is 454. The molecule has 2 atom stereocenters. The van der Waals surface area contributed by atoms with Gasteiger partial charge in [0, 0.05) is 24.8 Å². The summed E-state index contributed by atoms with van der Waals surface area (Å²) in [4.78, 5) is 13.9. The molecule has 1 saturated carbocycles. The van der Waals surface area contributed by atoms with Gasteiger partial charge in [0.05, 0.1) is 0 Å². The van der Waals surface area contributed by atoms with Crippen LogP contribution in [0.15, 0.2) is 24.3 Å². The van der Waals surface area contributed by atoms with Crippen molar-refractivity contribution >= 4 is 11.7 Å². The number of rotatable bonds is 4. The van der Waals surface area contributed by atoms with Crippen molar-refractivity contribution in [1.82, 2.24) is 4.90 Å². The quantitative estimate of drug-likeness (QED) is 0.875. The normalized spacial score (nSPS) is 17.7. The van der Waals surface area contributed by atoms with Crippen LogP contribution in [0.5, 0.6) is 0 Å². The summed E-state index contributed by atoms with van der Waals surface area (Å²) in [7, 11) is 1.85. The highest BCUT2D eigenvalue weighted by Crippen LogP contribution is 2.34. The average molecular weight is 261 g/mol. The molecule has 0 aliphatic heterocycles. The maximum atomic E-state index is 12.2. The number of amides is 2. The van der Waals surface area contributed by atoms with Crippen LogP contribution in [0.3, 0.4) is 0 Å². The molecule has 2 rings (SSSR count). The second-order valence-corrected chi connectivity index (χ2v) is 5.53. The number of urea groups is 1.